The van der Waals surface area contributed by atoms with E-state index in [1.54, 1.807) is 14.2 Å². The van der Waals surface area contributed by atoms with Crippen molar-refractivity contribution in [3.63, 3.8) is 0 Å². The molecule has 32 heavy (non-hydrogen) atoms. The predicted octanol–water partition coefficient (Wildman–Crippen LogP) is 3.36. The normalized spacial score (nSPS) is 14.6. The van der Waals surface area contributed by atoms with Crippen molar-refractivity contribution in [2.45, 2.75) is 51.2 Å². The molecule has 0 bridgehead atoms. The highest BCUT2D eigenvalue weighted by molar-refractivity contribution is 5.79. The number of aliphatic imine (C=N–C) groups is 1. The van der Waals surface area contributed by atoms with Crippen molar-refractivity contribution in [3.05, 3.63) is 54.0 Å². The number of fused-ring (bicyclic) bond motifs is 1. The Labute approximate surface area is 189 Å². The Morgan fingerprint density at radius 1 is 1.16 bits per heavy atom. The van der Waals surface area contributed by atoms with E-state index in [-0.39, 0.29) is 0 Å². The molecule has 8 heteroatoms. The van der Waals surface area contributed by atoms with E-state index in [0.29, 0.717) is 12.6 Å². The van der Waals surface area contributed by atoms with Crippen LogP contribution in [0.25, 0.3) is 5.65 Å². The van der Waals surface area contributed by atoms with Gasteiger partial charge in [0.25, 0.3) is 0 Å². The van der Waals surface area contributed by atoms with Gasteiger partial charge in [0.05, 0.1) is 13.2 Å². The van der Waals surface area contributed by atoms with Crippen molar-refractivity contribution < 1.29 is 9.47 Å². The Hall–Kier alpha value is -3.29. The topological polar surface area (TPSA) is 85.1 Å². The summed E-state index contributed by atoms with van der Waals surface area (Å²) < 4.78 is 13.7. The molecular formula is C24H32N6O2. The lowest BCUT2D eigenvalue weighted by Crippen LogP contribution is -2.37. The standard InChI is InChI=1S/C24H32N6O2/c1-25-24(26-14-7-11-23-29-28-22-10-5-6-15-30(22)23)27-17-18-12-13-20(31-2)16-21(18)32-19-8-3-4-9-19/h5-6,10,12-13,15-16,19H,3-4,7-9,11,14,17H2,1-2H3,(H2,25,26,27). The molecule has 2 heterocycles. The van der Waals surface area contributed by atoms with E-state index < -0.39 is 0 Å². The zero-order valence-corrected chi connectivity index (χ0v) is 18.9. The Morgan fingerprint density at radius 2 is 2.03 bits per heavy atom. The second-order valence-corrected chi connectivity index (χ2v) is 8.00. The number of nitrogens with one attached hydrogen (secondary N) is 2. The molecule has 0 saturated heterocycles. The first kappa shape index (κ1) is 21.9. The Kier molecular flexibility index (Phi) is 7.42. The minimum atomic E-state index is 0.298. The van der Waals surface area contributed by atoms with Crippen LogP contribution in [0.3, 0.4) is 0 Å². The van der Waals surface area contributed by atoms with Crippen LogP contribution in [-0.4, -0.2) is 47.4 Å². The fraction of sp³-hybridized carbons (Fsp3) is 0.458. The lowest BCUT2D eigenvalue weighted by molar-refractivity contribution is 0.207. The van der Waals surface area contributed by atoms with Crippen molar-refractivity contribution in [3.8, 4) is 11.5 Å². The fourth-order valence-corrected chi connectivity index (χ4v) is 4.02. The maximum absolute atomic E-state index is 6.29. The van der Waals surface area contributed by atoms with Crippen LogP contribution in [0.1, 0.15) is 43.5 Å². The molecule has 170 valence electrons. The maximum Gasteiger partial charge on any atom is 0.191 e. The number of ether oxygens (including phenoxy) is 2. The van der Waals surface area contributed by atoms with Crippen molar-refractivity contribution in [1.29, 1.82) is 0 Å². The summed E-state index contributed by atoms with van der Waals surface area (Å²) in [6.45, 7) is 1.41. The van der Waals surface area contributed by atoms with Crippen molar-refractivity contribution in [2.75, 3.05) is 20.7 Å². The third-order valence-corrected chi connectivity index (χ3v) is 5.79. The Bertz CT molecular complexity index is 1040. The molecule has 1 aliphatic rings. The van der Waals surface area contributed by atoms with E-state index in [1.165, 1.54) is 12.8 Å². The molecule has 4 rings (SSSR count). The lowest BCUT2D eigenvalue weighted by Gasteiger charge is -2.19. The number of hydrogen-bond acceptors (Lipinski definition) is 5. The quantitative estimate of drug-likeness (QED) is 0.304. The van der Waals surface area contributed by atoms with Gasteiger partial charge in [-0.1, -0.05) is 6.07 Å². The van der Waals surface area contributed by atoms with Gasteiger partial charge in [0.1, 0.15) is 17.3 Å². The van der Waals surface area contributed by atoms with E-state index >= 15 is 0 Å². The van der Waals surface area contributed by atoms with Gasteiger partial charge in [0.15, 0.2) is 11.6 Å². The van der Waals surface area contributed by atoms with Crippen LogP contribution in [-0.2, 0) is 13.0 Å². The molecule has 2 aromatic heterocycles. The number of methoxy groups -OCH3 is 1. The molecule has 0 spiro atoms. The lowest BCUT2D eigenvalue weighted by atomic mass is 10.2. The number of aryl methyl sites for hydroxylation is 1. The van der Waals surface area contributed by atoms with E-state index in [4.69, 9.17) is 9.47 Å². The molecule has 0 amide bonds. The first-order valence-corrected chi connectivity index (χ1v) is 11.3. The number of hydrogen-bond donors (Lipinski definition) is 2. The summed E-state index contributed by atoms with van der Waals surface area (Å²) in [5.74, 6) is 3.43. The highest BCUT2D eigenvalue weighted by Crippen LogP contribution is 2.30. The van der Waals surface area contributed by atoms with Crippen LogP contribution in [0, 0.1) is 0 Å². The SMILES string of the molecule is CN=C(NCCCc1nnc2ccccn12)NCc1ccc(OC)cc1OC1CCCC1. The fourth-order valence-electron chi connectivity index (χ4n) is 4.02. The zero-order chi connectivity index (χ0) is 22.2. The number of pyridine rings is 1. The molecule has 1 aromatic carbocycles. The highest BCUT2D eigenvalue weighted by atomic mass is 16.5. The Balaban J connectivity index is 1.28. The van der Waals surface area contributed by atoms with E-state index in [1.807, 2.05) is 40.9 Å². The summed E-state index contributed by atoms with van der Waals surface area (Å²) >= 11 is 0. The summed E-state index contributed by atoms with van der Waals surface area (Å²) in [4.78, 5) is 4.35. The third kappa shape index (κ3) is 5.49. The number of aromatic nitrogens is 3. The molecular weight excluding hydrogens is 404 g/mol. The molecule has 0 unspecified atom stereocenters. The monoisotopic (exact) mass is 436 g/mol. The molecule has 8 nitrogen and oxygen atoms in total. The van der Waals surface area contributed by atoms with Crippen LogP contribution >= 0.6 is 0 Å². The van der Waals surface area contributed by atoms with Gasteiger partial charge < -0.3 is 20.1 Å². The molecule has 0 atom stereocenters. The van der Waals surface area contributed by atoms with E-state index in [9.17, 15) is 0 Å². The zero-order valence-electron chi connectivity index (χ0n) is 18.9. The first-order valence-electron chi connectivity index (χ1n) is 11.3. The smallest absolute Gasteiger partial charge is 0.191 e. The molecule has 3 aromatic rings. The molecule has 1 aliphatic carbocycles. The number of rotatable bonds is 9. The third-order valence-electron chi connectivity index (χ3n) is 5.79. The van der Waals surface area contributed by atoms with E-state index in [0.717, 1.165) is 66.7 Å². The van der Waals surface area contributed by atoms with Crippen LogP contribution in [0.15, 0.2) is 47.6 Å². The van der Waals surface area contributed by atoms with Gasteiger partial charge in [-0.3, -0.25) is 9.39 Å². The minimum Gasteiger partial charge on any atom is -0.497 e. The van der Waals surface area contributed by atoms with Crippen LogP contribution < -0.4 is 20.1 Å². The summed E-state index contributed by atoms with van der Waals surface area (Å²) in [6.07, 6.45) is 8.78. The maximum atomic E-state index is 6.29. The van der Waals surface area contributed by atoms with E-state index in [2.05, 4.69) is 31.9 Å². The van der Waals surface area contributed by atoms with Crippen molar-refractivity contribution in [2.24, 2.45) is 4.99 Å². The van der Waals surface area contributed by atoms with Crippen LogP contribution in [0.5, 0.6) is 11.5 Å². The number of guanidine groups is 1. The average Bonchev–Trinajstić information content (AvgIpc) is 3.49. The summed E-state index contributed by atoms with van der Waals surface area (Å²) in [5.41, 5.74) is 1.97. The van der Waals surface area contributed by atoms with Gasteiger partial charge in [-0.15, -0.1) is 10.2 Å². The van der Waals surface area contributed by atoms with Gasteiger partial charge in [-0.05, 0) is 56.4 Å². The van der Waals surface area contributed by atoms with Gasteiger partial charge in [0.2, 0.25) is 0 Å². The molecule has 1 fully saturated rings. The first-order chi connectivity index (χ1) is 15.8. The number of benzene rings is 1. The number of nitrogens with zero attached hydrogens (tertiary/aromatic N) is 4. The van der Waals surface area contributed by atoms with Gasteiger partial charge in [-0.25, -0.2) is 0 Å². The molecule has 1 saturated carbocycles. The highest BCUT2D eigenvalue weighted by Gasteiger charge is 2.18. The summed E-state index contributed by atoms with van der Waals surface area (Å²) in [5, 5.41) is 15.3. The van der Waals surface area contributed by atoms with Crippen molar-refractivity contribution in [1.82, 2.24) is 25.2 Å². The van der Waals surface area contributed by atoms with Gasteiger partial charge in [0, 0.05) is 44.4 Å². The van der Waals surface area contributed by atoms with Crippen molar-refractivity contribution >= 4 is 11.6 Å². The summed E-state index contributed by atoms with van der Waals surface area (Å²) in [7, 11) is 3.46. The average molecular weight is 437 g/mol. The largest absolute Gasteiger partial charge is 0.497 e. The van der Waals surface area contributed by atoms with Crippen LogP contribution in [0.4, 0.5) is 0 Å². The molecule has 0 radical (unpaired) electrons. The Morgan fingerprint density at radius 3 is 2.84 bits per heavy atom. The van der Waals surface area contributed by atoms with Gasteiger partial charge in [-0.2, -0.15) is 0 Å². The van der Waals surface area contributed by atoms with Gasteiger partial charge >= 0.3 is 0 Å². The summed E-state index contributed by atoms with van der Waals surface area (Å²) in [6, 6.07) is 11.9. The second-order valence-electron chi connectivity index (χ2n) is 8.00. The minimum absolute atomic E-state index is 0.298. The predicted molar refractivity (Wildman–Crippen MR) is 125 cm³/mol. The molecule has 0 aliphatic heterocycles. The molecule has 2 N–H and O–H groups in total. The second kappa shape index (κ2) is 10.8. The van der Waals surface area contributed by atoms with Crippen LogP contribution in [0.2, 0.25) is 0 Å².